The van der Waals surface area contributed by atoms with Crippen molar-refractivity contribution in [2.24, 2.45) is 0 Å². The van der Waals surface area contributed by atoms with Crippen LogP contribution in [0.4, 0.5) is 5.69 Å². The van der Waals surface area contributed by atoms with E-state index in [4.69, 9.17) is 4.74 Å². The van der Waals surface area contributed by atoms with Gasteiger partial charge in [-0.05, 0) is 44.4 Å². The summed E-state index contributed by atoms with van der Waals surface area (Å²) in [5.74, 6) is -0.217. The summed E-state index contributed by atoms with van der Waals surface area (Å²) in [5.41, 5.74) is 2.80. The Morgan fingerprint density at radius 1 is 1.35 bits per heavy atom. The first kappa shape index (κ1) is 12.0. The van der Waals surface area contributed by atoms with Crippen molar-refractivity contribution in [1.29, 1.82) is 0 Å². The fourth-order valence-corrected chi connectivity index (χ4v) is 2.21. The van der Waals surface area contributed by atoms with E-state index < -0.39 is 0 Å². The molecule has 3 nitrogen and oxygen atoms in total. The number of carbonyl (C=O) groups is 1. The lowest BCUT2D eigenvalue weighted by molar-refractivity contribution is 0.0525. The van der Waals surface area contributed by atoms with E-state index in [1.54, 1.807) is 0 Å². The lowest BCUT2D eigenvalue weighted by atomic mass is 10.1. The van der Waals surface area contributed by atoms with Gasteiger partial charge >= 0.3 is 5.97 Å². The van der Waals surface area contributed by atoms with Crippen molar-refractivity contribution in [2.45, 2.75) is 26.7 Å². The zero-order chi connectivity index (χ0) is 12.3. The molecule has 92 valence electrons. The van der Waals surface area contributed by atoms with E-state index in [-0.39, 0.29) is 5.97 Å². The van der Waals surface area contributed by atoms with Crippen LogP contribution in [0, 0.1) is 6.92 Å². The Morgan fingerprint density at radius 3 is 2.71 bits per heavy atom. The molecule has 0 radical (unpaired) electrons. The summed E-state index contributed by atoms with van der Waals surface area (Å²) in [6.45, 7) is 6.38. The Balaban J connectivity index is 2.25. The van der Waals surface area contributed by atoms with Crippen LogP contribution in [0.5, 0.6) is 0 Å². The van der Waals surface area contributed by atoms with Crippen molar-refractivity contribution in [1.82, 2.24) is 0 Å². The third kappa shape index (κ3) is 2.60. The maximum Gasteiger partial charge on any atom is 0.338 e. The topological polar surface area (TPSA) is 29.5 Å². The van der Waals surface area contributed by atoms with Gasteiger partial charge in [-0.1, -0.05) is 6.07 Å². The molecule has 1 aromatic carbocycles. The Hall–Kier alpha value is -1.51. The van der Waals surface area contributed by atoms with E-state index in [9.17, 15) is 4.79 Å². The van der Waals surface area contributed by atoms with Crippen LogP contribution in [0.15, 0.2) is 18.2 Å². The molecular weight excluding hydrogens is 214 g/mol. The van der Waals surface area contributed by atoms with Gasteiger partial charge in [0.1, 0.15) is 0 Å². The van der Waals surface area contributed by atoms with E-state index >= 15 is 0 Å². The molecule has 1 heterocycles. The summed E-state index contributed by atoms with van der Waals surface area (Å²) in [5, 5.41) is 0. The van der Waals surface area contributed by atoms with Crippen LogP contribution < -0.4 is 4.90 Å². The van der Waals surface area contributed by atoms with Crippen molar-refractivity contribution >= 4 is 11.7 Å². The first-order valence-electron chi connectivity index (χ1n) is 6.25. The van der Waals surface area contributed by atoms with E-state index in [2.05, 4.69) is 11.0 Å². The van der Waals surface area contributed by atoms with Crippen LogP contribution in [0.25, 0.3) is 0 Å². The molecule has 17 heavy (non-hydrogen) atoms. The molecule has 0 spiro atoms. The van der Waals surface area contributed by atoms with Gasteiger partial charge in [0.15, 0.2) is 0 Å². The second-order valence-corrected chi connectivity index (χ2v) is 4.41. The molecule has 1 fully saturated rings. The standard InChI is InChI=1S/C14H19NO2/c1-3-17-14(16)13-10-12(7-6-11(13)2)15-8-4-5-9-15/h6-7,10H,3-5,8-9H2,1-2H3. The normalized spacial score (nSPS) is 15.1. The number of hydrogen-bond acceptors (Lipinski definition) is 3. The lowest BCUT2D eigenvalue weighted by Gasteiger charge is -2.19. The number of anilines is 1. The summed E-state index contributed by atoms with van der Waals surface area (Å²) in [7, 11) is 0. The molecule has 2 rings (SSSR count). The highest BCUT2D eigenvalue weighted by molar-refractivity contribution is 5.92. The molecule has 1 saturated heterocycles. The van der Waals surface area contributed by atoms with Gasteiger partial charge in [-0.15, -0.1) is 0 Å². The van der Waals surface area contributed by atoms with Crippen LogP contribution in [0.2, 0.25) is 0 Å². The monoisotopic (exact) mass is 233 g/mol. The van der Waals surface area contributed by atoms with Gasteiger partial charge in [-0.3, -0.25) is 0 Å². The number of hydrogen-bond donors (Lipinski definition) is 0. The van der Waals surface area contributed by atoms with Crippen molar-refractivity contribution < 1.29 is 9.53 Å². The average molecular weight is 233 g/mol. The molecule has 0 N–H and O–H groups in total. The Morgan fingerprint density at radius 2 is 2.06 bits per heavy atom. The second kappa shape index (κ2) is 5.21. The predicted octanol–water partition coefficient (Wildman–Crippen LogP) is 2.77. The van der Waals surface area contributed by atoms with Gasteiger partial charge in [-0.2, -0.15) is 0 Å². The molecule has 1 aromatic rings. The molecule has 0 saturated carbocycles. The maximum atomic E-state index is 11.8. The van der Waals surface area contributed by atoms with Crippen LogP contribution >= 0.6 is 0 Å². The first-order chi connectivity index (χ1) is 8.22. The van der Waals surface area contributed by atoms with Gasteiger partial charge in [0, 0.05) is 18.8 Å². The number of esters is 1. The van der Waals surface area contributed by atoms with Gasteiger partial charge in [0.05, 0.1) is 12.2 Å². The Kier molecular flexibility index (Phi) is 3.67. The van der Waals surface area contributed by atoms with Crippen molar-refractivity contribution in [2.75, 3.05) is 24.6 Å². The van der Waals surface area contributed by atoms with Gasteiger partial charge in [0.25, 0.3) is 0 Å². The molecule has 0 aliphatic carbocycles. The summed E-state index contributed by atoms with van der Waals surface area (Å²) in [6, 6.07) is 6.04. The Bertz CT molecular complexity index is 409. The molecule has 0 bridgehead atoms. The van der Waals surface area contributed by atoms with E-state index in [1.165, 1.54) is 12.8 Å². The predicted molar refractivity (Wildman–Crippen MR) is 68.6 cm³/mol. The Labute approximate surface area is 102 Å². The number of nitrogens with zero attached hydrogens (tertiary/aromatic N) is 1. The van der Waals surface area contributed by atoms with Crippen LogP contribution in [-0.4, -0.2) is 25.7 Å². The third-order valence-corrected chi connectivity index (χ3v) is 3.19. The fraction of sp³-hybridized carbons (Fsp3) is 0.500. The highest BCUT2D eigenvalue weighted by Crippen LogP contribution is 2.23. The highest BCUT2D eigenvalue weighted by atomic mass is 16.5. The molecule has 1 aliphatic rings. The molecule has 0 aromatic heterocycles. The minimum Gasteiger partial charge on any atom is -0.462 e. The number of carbonyl (C=O) groups excluding carboxylic acids is 1. The smallest absolute Gasteiger partial charge is 0.338 e. The average Bonchev–Trinajstić information content (AvgIpc) is 2.83. The van der Waals surface area contributed by atoms with E-state index in [1.807, 2.05) is 26.0 Å². The number of rotatable bonds is 3. The molecule has 0 amide bonds. The first-order valence-corrected chi connectivity index (χ1v) is 6.25. The van der Waals surface area contributed by atoms with Crippen LogP contribution in [0.1, 0.15) is 35.7 Å². The van der Waals surface area contributed by atoms with Crippen LogP contribution in [-0.2, 0) is 4.74 Å². The summed E-state index contributed by atoms with van der Waals surface area (Å²) in [6.07, 6.45) is 2.48. The molecule has 0 atom stereocenters. The molecule has 0 unspecified atom stereocenters. The second-order valence-electron chi connectivity index (χ2n) is 4.41. The minimum atomic E-state index is -0.217. The molecule has 1 aliphatic heterocycles. The quantitative estimate of drug-likeness (QED) is 0.752. The van der Waals surface area contributed by atoms with Crippen molar-refractivity contribution in [3.63, 3.8) is 0 Å². The number of aryl methyl sites for hydroxylation is 1. The zero-order valence-electron chi connectivity index (χ0n) is 10.5. The van der Waals surface area contributed by atoms with Gasteiger partial charge in [0.2, 0.25) is 0 Å². The van der Waals surface area contributed by atoms with Gasteiger partial charge in [-0.25, -0.2) is 4.79 Å². The van der Waals surface area contributed by atoms with Crippen molar-refractivity contribution in [3.8, 4) is 0 Å². The minimum absolute atomic E-state index is 0.217. The van der Waals surface area contributed by atoms with E-state index in [0.717, 1.165) is 24.3 Å². The number of benzene rings is 1. The maximum absolute atomic E-state index is 11.8. The third-order valence-electron chi connectivity index (χ3n) is 3.19. The number of ether oxygens (including phenoxy) is 1. The highest BCUT2D eigenvalue weighted by Gasteiger charge is 2.16. The SMILES string of the molecule is CCOC(=O)c1cc(N2CCCC2)ccc1C. The summed E-state index contributed by atoms with van der Waals surface area (Å²) < 4.78 is 5.07. The molecular formula is C14H19NO2. The lowest BCUT2D eigenvalue weighted by Crippen LogP contribution is -2.18. The largest absolute Gasteiger partial charge is 0.462 e. The van der Waals surface area contributed by atoms with Gasteiger partial charge < -0.3 is 9.64 Å². The van der Waals surface area contributed by atoms with E-state index in [0.29, 0.717) is 12.2 Å². The summed E-state index contributed by atoms with van der Waals surface area (Å²) >= 11 is 0. The zero-order valence-corrected chi connectivity index (χ0v) is 10.5. The molecule has 3 heteroatoms. The summed E-state index contributed by atoms with van der Waals surface area (Å²) in [4.78, 5) is 14.1. The van der Waals surface area contributed by atoms with Crippen LogP contribution in [0.3, 0.4) is 0 Å². The fourth-order valence-electron chi connectivity index (χ4n) is 2.21. The van der Waals surface area contributed by atoms with Crippen molar-refractivity contribution in [3.05, 3.63) is 29.3 Å².